The smallest absolute Gasteiger partial charge is 0.312 e. The maximum atomic E-state index is 11.5. The van der Waals surface area contributed by atoms with Gasteiger partial charge in [-0.05, 0) is 11.6 Å². The van der Waals surface area contributed by atoms with Gasteiger partial charge in [-0.2, -0.15) is 0 Å². The van der Waals surface area contributed by atoms with Crippen LogP contribution < -0.4 is 0 Å². The van der Waals surface area contributed by atoms with Crippen molar-refractivity contribution in [2.24, 2.45) is 0 Å². The molecule has 0 saturated carbocycles. The first kappa shape index (κ1) is 9.21. The Kier molecular flexibility index (Phi) is 1.85. The standard InChI is InChI=1S/C9H8O4S/c10-9(11)7-5-14(12,13)8-4-2-1-3-6(7)8/h1-4,7H,5H2,(H,10,11)/t7-/m0/s1. The van der Waals surface area contributed by atoms with Crippen LogP contribution in [0.3, 0.4) is 0 Å². The first-order chi connectivity index (χ1) is 6.52. The molecule has 1 aliphatic heterocycles. The Morgan fingerprint density at radius 2 is 2.00 bits per heavy atom. The Morgan fingerprint density at radius 1 is 1.36 bits per heavy atom. The molecule has 0 saturated heterocycles. The maximum Gasteiger partial charge on any atom is 0.312 e. The molecule has 0 amide bonds. The summed E-state index contributed by atoms with van der Waals surface area (Å²) in [5.74, 6) is -2.31. The van der Waals surface area contributed by atoms with Gasteiger partial charge >= 0.3 is 5.97 Å². The normalized spacial score (nSPS) is 23.0. The van der Waals surface area contributed by atoms with Crippen molar-refractivity contribution in [2.75, 3.05) is 5.75 Å². The van der Waals surface area contributed by atoms with Crippen LogP contribution in [0.1, 0.15) is 11.5 Å². The number of rotatable bonds is 1. The Balaban J connectivity index is 2.66. The summed E-state index contributed by atoms with van der Waals surface area (Å²) in [5, 5.41) is 8.83. The van der Waals surface area contributed by atoms with E-state index in [1.54, 1.807) is 18.2 Å². The number of carbonyl (C=O) groups is 1. The third kappa shape index (κ3) is 1.21. The fraction of sp³-hybridized carbons (Fsp3) is 0.222. The van der Waals surface area contributed by atoms with Gasteiger partial charge in [-0.25, -0.2) is 8.42 Å². The molecular weight excluding hydrogens is 204 g/mol. The van der Waals surface area contributed by atoms with Crippen molar-refractivity contribution in [3.05, 3.63) is 29.8 Å². The lowest BCUT2D eigenvalue weighted by molar-refractivity contribution is -0.138. The minimum atomic E-state index is -3.38. The van der Waals surface area contributed by atoms with Gasteiger partial charge in [0, 0.05) is 0 Å². The Labute approximate surface area is 81.1 Å². The van der Waals surface area contributed by atoms with Gasteiger partial charge < -0.3 is 5.11 Å². The molecule has 0 aliphatic carbocycles. The van der Waals surface area contributed by atoms with E-state index in [9.17, 15) is 13.2 Å². The highest BCUT2D eigenvalue weighted by Gasteiger charge is 2.38. The van der Waals surface area contributed by atoms with Crippen LogP contribution in [-0.4, -0.2) is 25.2 Å². The zero-order chi connectivity index (χ0) is 10.3. The molecule has 1 atom stereocenters. The molecule has 1 heterocycles. The number of benzene rings is 1. The molecule has 0 bridgehead atoms. The van der Waals surface area contributed by atoms with Crippen LogP contribution in [0.5, 0.6) is 0 Å². The summed E-state index contributed by atoms with van der Waals surface area (Å²) in [6.07, 6.45) is 0. The lowest BCUT2D eigenvalue weighted by atomic mass is 10.0. The van der Waals surface area contributed by atoms with E-state index in [1.807, 2.05) is 0 Å². The third-order valence-electron chi connectivity index (χ3n) is 2.31. The van der Waals surface area contributed by atoms with Crippen LogP contribution in [0.15, 0.2) is 29.2 Å². The molecule has 1 aromatic carbocycles. The SMILES string of the molecule is O=C(O)[C@H]1CS(=O)(=O)c2ccccc21. The second-order valence-corrected chi connectivity index (χ2v) is 5.21. The molecule has 0 spiro atoms. The molecule has 4 nitrogen and oxygen atoms in total. The average molecular weight is 212 g/mol. The topological polar surface area (TPSA) is 71.4 Å². The van der Waals surface area contributed by atoms with Crippen LogP contribution in [-0.2, 0) is 14.6 Å². The zero-order valence-corrected chi connectivity index (χ0v) is 7.99. The van der Waals surface area contributed by atoms with E-state index in [4.69, 9.17) is 5.11 Å². The van der Waals surface area contributed by atoms with Crippen molar-refractivity contribution in [3.8, 4) is 0 Å². The number of carboxylic acids is 1. The number of fused-ring (bicyclic) bond motifs is 1. The van der Waals surface area contributed by atoms with Crippen LogP contribution in [0.2, 0.25) is 0 Å². The number of sulfone groups is 1. The second kappa shape index (κ2) is 2.81. The minimum Gasteiger partial charge on any atom is -0.481 e. The molecule has 1 N–H and O–H groups in total. The van der Waals surface area contributed by atoms with Crippen molar-refractivity contribution in [1.29, 1.82) is 0 Å². The molecule has 1 aliphatic rings. The second-order valence-electron chi connectivity index (χ2n) is 3.21. The van der Waals surface area contributed by atoms with E-state index < -0.39 is 21.7 Å². The molecule has 2 rings (SSSR count). The minimum absolute atomic E-state index is 0.160. The van der Waals surface area contributed by atoms with Crippen LogP contribution in [0.4, 0.5) is 0 Å². The summed E-state index contributed by atoms with van der Waals surface area (Å²) in [5.41, 5.74) is 0.403. The molecular formula is C9H8O4S. The largest absolute Gasteiger partial charge is 0.481 e. The van der Waals surface area contributed by atoms with Gasteiger partial charge in [0.1, 0.15) is 0 Å². The number of hydrogen-bond acceptors (Lipinski definition) is 3. The highest BCUT2D eigenvalue weighted by Crippen LogP contribution is 2.34. The first-order valence-electron chi connectivity index (χ1n) is 4.07. The third-order valence-corrected chi connectivity index (χ3v) is 4.13. The van der Waals surface area contributed by atoms with E-state index in [0.717, 1.165) is 0 Å². The first-order valence-corrected chi connectivity index (χ1v) is 5.72. The van der Waals surface area contributed by atoms with Gasteiger partial charge in [-0.1, -0.05) is 18.2 Å². The Bertz CT molecular complexity index is 489. The molecule has 0 fully saturated rings. The van der Waals surface area contributed by atoms with Crippen molar-refractivity contribution >= 4 is 15.8 Å². The zero-order valence-electron chi connectivity index (χ0n) is 7.17. The fourth-order valence-corrected chi connectivity index (χ4v) is 3.45. The quantitative estimate of drug-likeness (QED) is 0.741. The van der Waals surface area contributed by atoms with Gasteiger partial charge in [-0.15, -0.1) is 0 Å². The van der Waals surface area contributed by atoms with Crippen LogP contribution in [0.25, 0.3) is 0 Å². The lowest BCUT2D eigenvalue weighted by Gasteiger charge is -2.01. The van der Waals surface area contributed by atoms with E-state index >= 15 is 0 Å². The molecule has 0 radical (unpaired) electrons. The van der Waals surface area contributed by atoms with Gasteiger partial charge in [-0.3, -0.25) is 4.79 Å². The van der Waals surface area contributed by atoms with E-state index in [2.05, 4.69) is 0 Å². The summed E-state index contributed by atoms with van der Waals surface area (Å²) in [6.45, 7) is 0. The van der Waals surface area contributed by atoms with E-state index in [0.29, 0.717) is 5.56 Å². The highest BCUT2D eigenvalue weighted by atomic mass is 32.2. The highest BCUT2D eigenvalue weighted by molar-refractivity contribution is 7.91. The molecule has 0 unspecified atom stereocenters. The summed E-state index contributed by atoms with van der Waals surface area (Å²) in [7, 11) is -3.38. The van der Waals surface area contributed by atoms with Gasteiger partial charge in [0.05, 0.1) is 16.6 Å². The van der Waals surface area contributed by atoms with Gasteiger partial charge in [0.25, 0.3) is 0 Å². The van der Waals surface area contributed by atoms with Crippen LogP contribution in [0, 0.1) is 0 Å². The molecule has 14 heavy (non-hydrogen) atoms. The fourth-order valence-electron chi connectivity index (χ4n) is 1.65. The summed E-state index contributed by atoms with van der Waals surface area (Å²) in [4.78, 5) is 10.9. The van der Waals surface area contributed by atoms with Crippen molar-refractivity contribution in [2.45, 2.75) is 10.8 Å². The Hall–Kier alpha value is -1.36. The predicted octanol–water partition coefficient (Wildman–Crippen LogP) is 0.642. The predicted molar refractivity (Wildman–Crippen MR) is 48.9 cm³/mol. The lowest BCUT2D eigenvalue weighted by Crippen LogP contribution is -2.13. The Morgan fingerprint density at radius 3 is 2.64 bits per heavy atom. The average Bonchev–Trinajstić information content (AvgIpc) is 2.40. The molecule has 0 aromatic heterocycles. The van der Waals surface area contributed by atoms with Crippen molar-refractivity contribution in [3.63, 3.8) is 0 Å². The molecule has 1 aromatic rings. The van der Waals surface area contributed by atoms with Crippen LogP contribution >= 0.6 is 0 Å². The monoisotopic (exact) mass is 212 g/mol. The van der Waals surface area contributed by atoms with Gasteiger partial charge in [0.2, 0.25) is 0 Å². The number of aliphatic carboxylic acids is 1. The van der Waals surface area contributed by atoms with E-state index in [-0.39, 0.29) is 10.6 Å². The summed E-state index contributed by atoms with van der Waals surface area (Å²) in [6, 6.07) is 6.25. The van der Waals surface area contributed by atoms with Crippen molar-refractivity contribution < 1.29 is 18.3 Å². The van der Waals surface area contributed by atoms with Crippen molar-refractivity contribution in [1.82, 2.24) is 0 Å². The summed E-state index contributed by atoms with van der Waals surface area (Å²) < 4.78 is 23.0. The maximum absolute atomic E-state index is 11.5. The molecule has 5 heteroatoms. The van der Waals surface area contributed by atoms with Gasteiger partial charge in [0.15, 0.2) is 9.84 Å². The number of carboxylic acid groups (broad SMARTS) is 1. The summed E-state index contributed by atoms with van der Waals surface area (Å²) >= 11 is 0. The number of hydrogen-bond donors (Lipinski definition) is 1. The molecule has 74 valence electrons. The van der Waals surface area contributed by atoms with E-state index in [1.165, 1.54) is 6.07 Å².